The highest BCUT2D eigenvalue weighted by Gasteiger charge is 2.54. The smallest absolute Gasteiger partial charge is 0.352 e. The number of aliphatic carboxylic acids is 1. The highest BCUT2D eigenvalue weighted by atomic mass is 32.2. The van der Waals surface area contributed by atoms with Crippen molar-refractivity contribution in [1.29, 1.82) is 0 Å². The van der Waals surface area contributed by atoms with E-state index in [4.69, 9.17) is 5.14 Å². The average molecular weight is 584 g/mol. The third kappa shape index (κ3) is 5.42. The third-order valence-electron chi connectivity index (χ3n) is 5.90. The molecule has 1 aromatic heterocycles. The predicted octanol–water partition coefficient (Wildman–Crippen LogP) is -0.319. The first-order valence-corrected chi connectivity index (χ1v) is 14.9. The Balaban J connectivity index is 1.49. The number of fused-ring (bicyclic) bond motifs is 1. The first-order valence-electron chi connectivity index (χ1n) is 11.3. The van der Waals surface area contributed by atoms with Crippen molar-refractivity contribution in [1.82, 2.24) is 30.4 Å². The van der Waals surface area contributed by atoms with Crippen molar-refractivity contribution in [2.24, 2.45) is 11.1 Å². The van der Waals surface area contributed by atoms with Crippen molar-refractivity contribution >= 4 is 51.3 Å². The summed E-state index contributed by atoms with van der Waals surface area (Å²) in [6, 6.07) is 7.22. The molecule has 2 aliphatic rings. The lowest BCUT2D eigenvalue weighted by Crippen LogP contribution is -2.70. The molecule has 17 heteroatoms. The van der Waals surface area contributed by atoms with Crippen LogP contribution >= 0.6 is 23.5 Å². The van der Waals surface area contributed by atoms with Crippen LogP contribution in [0.4, 0.5) is 0 Å². The van der Waals surface area contributed by atoms with Gasteiger partial charge in [0.2, 0.25) is 15.2 Å². The van der Waals surface area contributed by atoms with Gasteiger partial charge in [-0.15, -0.1) is 16.9 Å². The van der Waals surface area contributed by atoms with Crippen LogP contribution < -0.4 is 10.5 Å². The maximum Gasteiger partial charge on any atom is 0.352 e. The van der Waals surface area contributed by atoms with E-state index < -0.39 is 56.6 Å². The third-order valence-corrected chi connectivity index (χ3v) is 9.67. The van der Waals surface area contributed by atoms with Crippen LogP contribution in [0.15, 0.2) is 46.8 Å². The van der Waals surface area contributed by atoms with E-state index in [1.807, 2.05) is 0 Å². The molecule has 2 aliphatic heterocycles. The molecule has 0 bridgehead atoms. The lowest BCUT2D eigenvalue weighted by Gasteiger charge is -2.49. The molecule has 38 heavy (non-hydrogen) atoms. The molecule has 0 spiro atoms. The number of β-lactam (4-membered cyclic amide) rings is 1. The molecule has 1 fully saturated rings. The van der Waals surface area contributed by atoms with Crippen LogP contribution in [0.1, 0.15) is 30.9 Å². The van der Waals surface area contributed by atoms with Gasteiger partial charge in [-0.3, -0.25) is 14.5 Å². The minimum absolute atomic E-state index is 0.0602. The molecule has 2 aromatic rings. The van der Waals surface area contributed by atoms with E-state index in [9.17, 15) is 33.0 Å². The summed E-state index contributed by atoms with van der Waals surface area (Å²) < 4.78 is 25.3. The molecule has 2 unspecified atom stereocenters. The second kappa shape index (κ2) is 11.0. The van der Waals surface area contributed by atoms with Gasteiger partial charge in [0.25, 0.3) is 11.8 Å². The van der Waals surface area contributed by atoms with Crippen LogP contribution in [0, 0.1) is 5.92 Å². The van der Waals surface area contributed by atoms with E-state index in [2.05, 4.69) is 20.8 Å². The highest BCUT2D eigenvalue weighted by molar-refractivity contribution is 8.01. The molecular weight excluding hydrogens is 558 g/mol. The number of nitrogens with one attached hydrogen (secondary N) is 1. The minimum Gasteiger partial charge on any atom is -0.477 e. The summed E-state index contributed by atoms with van der Waals surface area (Å²) in [6.07, 6.45) is -1.48. The first-order chi connectivity index (χ1) is 17.9. The zero-order valence-corrected chi connectivity index (χ0v) is 22.6. The summed E-state index contributed by atoms with van der Waals surface area (Å²) in [6.45, 7) is 3.30. The molecule has 4 rings (SSSR count). The number of carboxylic acid groups (broad SMARTS) is 1. The highest BCUT2D eigenvalue weighted by Crippen LogP contribution is 2.42. The number of hydrogen-bond acceptors (Lipinski definition) is 11. The maximum atomic E-state index is 12.9. The molecule has 0 radical (unpaired) electrons. The van der Waals surface area contributed by atoms with E-state index in [0.29, 0.717) is 11.1 Å². The van der Waals surface area contributed by atoms with Gasteiger partial charge in [0, 0.05) is 11.5 Å². The van der Waals surface area contributed by atoms with Crippen molar-refractivity contribution in [3.8, 4) is 0 Å². The molecule has 0 saturated carbocycles. The molecular formula is C21H25N7O7S3. The van der Waals surface area contributed by atoms with Gasteiger partial charge in [-0.2, -0.15) is 0 Å². The summed E-state index contributed by atoms with van der Waals surface area (Å²) in [5.74, 6) is -2.87. The van der Waals surface area contributed by atoms with Crippen molar-refractivity contribution < 1.29 is 33.0 Å². The Labute approximate surface area is 226 Å². The van der Waals surface area contributed by atoms with Gasteiger partial charge in [0.1, 0.15) is 17.1 Å². The predicted molar refractivity (Wildman–Crippen MR) is 137 cm³/mol. The number of carbonyl (C=O) groups is 3. The molecule has 14 nitrogen and oxygen atoms in total. The Morgan fingerprint density at radius 3 is 2.58 bits per heavy atom. The summed E-state index contributed by atoms with van der Waals surface area (Å²) in [5, 5.41) is 37.5. The quantitative estimate of drug-likeness (QED) is 0.209. The first kappa shape index (κ1) is 28.0. The van der Waals surface area contributed by atoms with Crippen molar-refractivity contribution in [2.75, 3.05) is 11.5 Å². The second-order valence-electron chi connectivity index (χ2n) is 8.88. The summed E-state index contributed by atoms with van der Waals surface area (Å²) >= 11 is 2.28. The number of benzene rings is 1. The van der Waals surface area contributed by atoms with Gasteiger partial charge >= 0.3 is 5.97 Å². The van der Waals surface area contributed by atoms with Crippen LogP contribution in [0.25, 0.3) is 0 Å². The number of aliphatic hydroxyl groups excluding tert-OH is 1. The zero-order chi connectivity index (χ0) is 27.8. The number of rotatable bonds is 10. The van der Waals surface area contributed by atoms with Gasteiger partial charge < -0.3 is 15.5 Å². The van der Waals surface area contributed by atoms with Gasteiger partial charge in [-0.05, 0) is 27.5 Å². The summed E-state index contributed by atoms with van der Waals surface area (Å²) in [7, 11) is -4.04. The molecule has 204 valence electrons. The van der Waals surface area contributed by atoms with Gasteiger partial charge in [0.15, 0.2) is 11.5 Å². The lowest BCUT2D eigenvalue weighted by molar-refractivity contribution is -0.151. The van der Waals surface area contributed by atoms with E-state index in [0.717, 1.165) is 21.3 Å². The number of aliphatic hydroxyl groups is 1. The van der Waals surface area contributed by atoms with Crippen LogP contribution in [-0.4, -0.2) is 84.4 Å². The summed E-state index contributed by atoms with van der Waals surface area (Å²) in [4.78, 5) is 38.7. The largest absolute Gasteiger partial charge is 0.477 e. The van der Waals surface area contributed by atoms with Gasteiger partial charge in [-0.25, -0.2) is 23.0 Å². The maximum absolute atomic E-state index is 12.9. The Morgan fingerprint density at radius 2 is 1.97 bits per heavy atom. The van der Waals surface area contributed by atoms with Crippen LogP contribution in [0.2, 0.25) is 0 Å². The topological polar surface area (TPSA) is 211 Å². The average Bonchev–Trinajstić information content (AvgIpc) is 3.31. The molecule has 3 heterocycles. The molecule has 0 aliphatic carbocycles. The van der Waals surface area contributed by atoms with Gasteiger partial charge in [-0.1, -0.05) is 55.9 Å². The number of aromatic nitrogens is 4. The molecule has 1 aromatic carbocycles. The molecule has 2 amide bonds. The lowest BCUT2D eigenvalue weighted by atomic mass is 10.0. The number of sulfonamides is 1. The number of primary sulfonamides is 1. The fourth-order valence-electron chi connectivity index (χ4n) is 4.21. The minimum atomic E-state index is -4.04. The van der Waals surface area contributed by atoms with Gasteiger partial charge in [0.05, 0.1) is 0 Å². The van der Waals surface area contributed by atoms with Crippen LogP contribution in [0.5, 0.6) is 0 Å². The Bertz CT molecular complexity index is 1380. The zero-order valence-electron chi connectivity index (χ0n) is 20.2. The standard InChI is InChI=1S/C21H25N7O7S3/c1-10(2)19(38(22,34)35)28-21(24-25-26-28)37-9-12-8-36-18-13(17(31)27(18)14(12)20(32)33)23-16(30)15(29)11-6-4-3-5-7-11/h3-7,10,13,15,18-19,29H,8-9H2,1-2H3,(H,23,30)(H,32,33)(H2,22,34,35)/t13?,15-,18-,19?/m1/s1. The van der Waals surface area contributed by atoms with E-state index in [1.165, 1.54) is 11.8 Å². The SMILES string of the molecule is CC(C)C(n1nnnc1SCC1=C(C(=O)O)N2C(=O)C(NC(=O)[C@H](O)c3ccccc3)[C@H]2SC1)S(N)(=O)=O. The van der Waals surface area contributed by atoms with Crippen LogP contribution in [-0.2, 0) is 24.4 Å². The molecule has 5 N–H and O–H groups in total. The number of carboxylic acids is 1. The van der Waals surface area contributed by atoms with Crippen molar-refractivity contribution in [2.45, 2.75) is 41.9 Å². The monoisotopic (exact) mass is 583 g/mol. The number of hydrogen-bond donors (Lipinski definition) is 4. The van der Waals surface area contributed by atoms with E-state index >= 15 is 0 Å². The van der Waals surface area contributed by atoms with E-state index in [-0.39, 0.29) is 22.4 Å². The number of amides is 2. The van der Waals surface area contributed by atoms with Crippen LogP contribution in [0.3, 0.4) is 0 Å². The number of nitrogens with two attached hydrogens (primary N) is 1. The number of carbonyl (C=O) groups excluding carboxylic acids is 2. The Kier molecular flexibility index (Phi) is 8.12. The molecule has 4 atom stereocenters. The second-order valence-corrected chi connectivity index (χ2v) is 12.6. The Morgan fingerprint density at radius 1 is 1.29 bits per heavy atom. The molecule has 1 saturated heterocycles. The summed E-state index contributed by atoms with van der Waals surface area (Å²) in [5.41, 5.74) is 0.545. The van der Waals surface area contributed by atoms with Crippen molar-refractivity contribution in [3.05, 3.63) is 47.2 Å². The van der Waals surface area contributed by atoms with E-state index in [1.54, 1.807) is 44.2 Å². The van der Waals surface area contributed by atoms with Crippen molar-refractivity contribution in [3.63, 3.8) is 0 Å². The number of nitrogens with zero attached hydrogens (tertiary/aromatic N) is 5. The number of tetrazole rings is 1. The fourth-order valence-corrected chi connectivity index (χ4v) is 7.85. The fraction of sp³-hybridized carbons (Fsp3) is 0.429. The normalized spacial score (nSPS) is 21.1. The Hall–Kier alpha value is -2.99. The number of thioether (sulfide) groups is 2.